The highest BCUT2D eigenvalue weighted by atomic mass is 35.5. The zero-order valence-electron chi connectivity index (χ0n) is 15.1. The van der Waals surface area contributed by atoms with Crippen LogP contribution in [-0.4, -0.2) is 16.8 Å². The minimum atomic E-state index is 0.0115. The number of hydrogen-bond donors (Lipinski definition) is 1. The number of halogens is 1. The molecule has 1 N–H and O–H groups in total. The Hall–Kier alpha value is -1.64. The van der Waals surface area contributed by atoms with Gasteiger partial charge in [0.2, 0.25) is 0 Å². The smallest absolute Gasteiger partial charge is 0.159 e. The van der Waals surface area contributed by atoms with Gasteiger partial charge in [0.1, 0.15) is 0 Å². The summed E-state index contributed by atoms with van der Waals surface area (Å²) in [5, 5.41) is 9.94. The predicted octanol–water partition coefficient (Wildman–Crippen LogP) is 5.56. The van der Waals surface area contributed by atoms with Crippen molar-refractivity contribution in [3.63, 3.8) is 0 Å². The number of aliphatic hydroxyl groups excluding tert-OH is 1. The second-order valence-electron chi connectivity index (χ2n) is 6.48. The number of alkyl halides is 1. The highest BCUT2D eigenvalue weighted by molar-refractivity contribution is 6.17. The predicted molar refractivity (Wildman–Crippen MR) is 105 cm³/mol. The maximum Gasteiger partial charge on any atom is 0.159 e. The van der Waals surface area contributed by atoms with Gasteiger partial charge in [0, 0.05) is 11.4 Å². The van der Waals surface area contributed by atoms with Crippen LogP contribution in [0.2, 0.25) is 0 Å². The molecule has 0 heterocycles. The van der Waals surface area contributed by atoms with Crippen molar-refractivity contribution in [1.82, 2.24) is 0 Å². The van der Waals surface area contributed by atoms with Gasteiger partial charge in [0.05, 0.1) is 6.61 Å². The van der Waals surface area contributed by atoms with Crippen LogP contribution in [0.25, 0.3) is 11.1 Å². The normalized spacial score (nSPS) is 10.9. The molecule has 0 aliphatic rings. The molecule has 0 saturated heterocycles. The number of aliphatic hydroxyl groups is 1. The molecule has 2 aromatic carbocycles. The van der Waals surface area contributed by atoms with Crippen LogP contribution in [0, 0.1) is 0 Å². The molecule has 25 heavy (non-hydrogen) atoms. The Morgan fingerprint density at radius 2 is 1.72 bits per heavy atom. The summed E-state index contributed by atoms with van der Waals surface area (Å²) in [6, 6.07) is 12.0. The van der Waals surface area contributed by atoms with Gasteiger partial charge < -0.3 is 5.11 Å². The SMILES string of the molecule is CCCCc1cc(CO)c(-c2ccc(C(C)=O)cc2)c(CCCCl)c1. The van der Waals surface area contributed by atoms with E-state index in [9.17, 15) is 9.90 Å². The van der Waals surface area contributed by atoms with Crippen molar-refractivity contribution < 1.29 is 9.90 Å². The number of carbonyl (C=O) groups excluding carboxylic acids is 1. The molecule has 2 nitrogen and oxygen atoms in total. The fourth-order valence-corrected chi connectivity index (χ4v) is 3.32. The highest BCUT2D eigenvalue weighted by Gasteiger charge is 2.13. The van der Waals surface area contributed by atoms with E-state index in [4.69, 9.17) is 11.6 Å². The van der Waals surface area contributed by atoms with Crippen LogP contribution < -0.4 is 0 Å². The quantitative estimate of drug-likeness (QED) is 0.470. The molecule has 0 bridgehead atoms. The molecule has 134 valence electrons. The van der Waals surface area contributed by atoms with Gasteiger partial charge >= 0.3 is 0 Å². The third kappa shape index (κ3) is 5.17. The van der Waals surface area contributed by atoms with E-state index in [0.29, 0.717) is 11.4 Å². The summed E-state index contributed by atoms with van der Waals surface area (Å²) in [6.45, 7) is 3.77. The zero-order valence-corrected chi connectivity index (χ0v) is 15.9. The number of rotatable bonds is 9. The fourth-order valence-electron chi connectivity index (χ4n) is 3.19. The van der Waals surface area contributed by atoms with Crippen LogP contribution in [0.1, 0.15) is 60.2 Å². The average molecular weight is 359 g/mol. The Morgan fingerprint density at radius 1 is 1.04 bits per heavy atom. The number of Topliss-reactive ketones (excluding diaryl/α,β-unsaturated/α-hetero) is 1. The Bertz CT molecular complexity index is 705. The standard InChI is InChI=1S/C22H27ClO2/c1-3-4-6-17-13-20(7-5-12-23)22(21(14-17)15-24)19-10-8-18(9-11-19)16(2)25/h8-11,13-14,24H,3-7,12,15H2,1-2H3. The van der Waals surface area contributed by atoms with Crippen molar-refractivity contribution in [3.05, 3.63) is 58.7 Å². The van der Waals surface area contributed by atoms with Crippen LogP contribution in [0.5, 0.6) is 0 Å². The molecule has 0 radical (unpaired) electrons. The first-order valence-electron chi connectivity index (χ1n) is 9.03. The molecule has 0 saturated carbocycles. The Kier molecular flexibility index (Phi) is 7.67. The number of benzene rings is 2. The van der Waals surface area contributed by atoms with Gasteiger partial charge in [-0.3, -0.25) is 4.79 Å². The summed E-state index contributed by atoms with van der Waals surface area (Å²) < 4.78 is 0. The molecule has 3 heteroatoms. The lowest BCUT2D eigenvalue weighted by Gasteiger charge is -2.17. The molecule has 0 fully saturated rings. The first-order chi connectivity index (χ1) is 12.1. The minimum Gasteiger partial charge on any atom is -0.392 e. The van der Waals surface area contributed by atoms with Gasteiger partial charge in [-0.15, -0.1) is 11.6 Å². The van der Waals surface area contributed by atoms with Crippen molar-refractivity contribution in [3.8, 4) is 11.1 Å². The lowest BCUT2D eigenvalue weighted by molar-refractivity contribution is 0.101. The molecule has 2 rings (SSSR count). The summed E-state index contributed by atoms with van der Waals surface area (Å²) in [6.07, 6.45) is 5.12. The molecule has 0 amide bonds. The lowest BCUT2D eigenvalue weighted by Crippen LogP contribution is -2.01. The number of carbonyl (C=O) groups is 1. The monoisotopic (exact) mass is 358 g/mol. The molecule has 0 aliphatic heterocycles. The van der Waals surface area contributed by atoms with Gasteiger partial charge in [0.15, 0.2) is 5.78 Å². The second-order valence-corrected chi connectivity index (χ2v) is 6.85. The maximum absolute atomic E-state index is 11.5. The number of ketones is 1. The Labute approximate surface area is 155 Å². The number of hydrogen-bond acceptors (Lipinski definition) is 2. The molecule has 2 aromatic rings. The van der Waals surface area contributed by atoms with E-state index in [1.54, 1.807) is 6.92 Å². The third-order valence-electron chi connectivity index (χ3n) is 4.51. The van der Waals surface area contributed by atoms with E-state index in [1.807, 2.05) is 24.3 Å². The third-order valence-corrected chi connectivity index (χ3v) is 4.78. The van der Waals surface area contributed by atoms with Gasteiger partial charge in [-0.1, -0.05) is 49.7 Å². The summed E-state index contributed by atoms with van der Waals surface area (Å²) in [4.78, 5) is 11.5. The molecule has 0 spiro atoms. The van der Waals surface area contributed by atoms with E-state index in [1.165, 1.54) is 11.1 Å². The molecule has 0 atom stereocenters. The van der Waals surface area contributed by atoms with E-state index < -0.39 is 0 Å². The van der Waals surface area contributed by atoms with Crippen molar-refractivity contribution in [2.75, 3.05) is 5.88 Å². The van der Waals surface area contributed by atoms with Crippen molar-refractivity contribution >= 4 is 17.4 Å². The van der Waals surface area contributed by atoms with Gasteiger partial charge in [-0.25, -0.2) is 0 Å². The Morgan fingerprint density at radius 3 is 2.28 bits per heavy atom. The van der Waals surface area contributed by atoms with E-state index in [2.05, 4.69) is 19.1 Å². The van der Waals surface area contributed by atoms with E-state index in [-0.39, 0.29) is 12.4 Å². The average Bonchev–Trinajstić information content (AvgIpc) is 2.64. The fraction of sp³-hybridized carbons (Fsp3) is 0.409. The largest absolute Gasteiger partial charge is 0.392 e. The summed E-state index contributed by atoms with van der Waals surface area (Å²) in [5.74, 6) is 0.683. The minimum absolute atomic E-state index is 0.0115. The summed E-state index contributed by atoms with van der Waals surface area (Å²) in [5.41, 5.74) is 6.29. The van der Waals surface area contributed by atoms with Crippen molar-refractivity contribution in [1.29, 1.82) is 0 Å². The molecule has 0 aliphatic carbocycles. The van der Waals surface area contributed by atoms with Crippen molar-refractivity contribution in [2.45, 2.75) is 52.6 Å². The van der Waals surface area contributed by atoms with E-state index >= 15 is 0 Å². The van der Waals surface area contributed by atoms with Gasteiger partial charge in [-0.2, -0.15) is 0 Å². The van der Waals surface area contributed by atoms with Crippen molar-refractivity contribution in [2.24, 2.45) is 0 Å². The summed E-state index contributed by atoms with van der Waals surface area (Å²) >= 11 is 5.92. The zero-order chi connectivity index (χ0) is 18.2. The van der Waals surface area contributed by atoms with Crippen LogP contribution in [0.15, 0.2) is 36.4 Å². The van der Waals surface area contributed by atoms with Crippen LogP contribution in [0.4, 0.5) is 0 Å². The number of unbranched alkanes of at least 4 members (excludes halogenated alkanes) is 1. The molecule has 0 aromatic heterocycles. The van der Waals surface area contributed by atoms with Crippen LogP contribution in [-0.2, 0) is 19.4 Å². The van der Waals surface area contributed by atoms with Crippen LogP contribution in [0.3, 0.4) is 0 Å². The lowest BCUT2D eigenvalue weighted by atomic mass is 9.88. The summed E-state index contributed by atoms with van der Waals surface area (Å²) in [7, 11) is 0. The van der Waals surface area contributed by atoms with Crippen LogP contribution >= 0.6 is 11.6 Å². The Balaban J connectivity index is 2.50. The first-order valence-corrected chi connectivity index (χ1v) is 9.57. The molecular formula is C22H27ClO2. The topological polar surface area (TPSA) is 37.3 Å². The molecular weight excluding hydrogens is 332 g/mol. The van der Waals surface area contributed by atoms with E-state index in [0.717, 1.165) is 48.8 Å². The maximum atomic E-state index is 11.5. The van der Waals surface area contributed by atoms with Gasteiger partial charge in [0.25, 0.3) is 0 Å². The van der Waals surface area contributed by atoms with Gasteiger partial charge in [-0.05, 0) is 60.4 Å². The number of aryl methyl sites for hydroxylation is 2. The second kappa shape index (κ2) is 9.74. The highest BCUT2D eigenvalue weighted by Crippen LogP contribution is 2.31. The first kappa shape index (κ1) is 19.7. The molecule has 0 unspecified atom stereocenters.